The summed E-state index contributed by atoms with van der Waals surface area (Å²) in [5, 5.41) is 17.3. The number of ether oxygens (including phenoxy) is 1. The Kier molecular flexibility index (Phi) is 10.4. The first-order valence-electron chi connectivity index (χ1n) is 12.2. The number of carbonyl (C=O) groups excluding carboxylic acids is 1. The van der Waals surface area contributed by atoms with Gasteiger partial charge in [-0.2, -0.15) is 0 Å². The monoisotopic (exact) mass is 525 g/mol. The number of methoxy groups -OCH3 is 1. The van der Waals surface area contributed by atoms with Gasteiger partial charge in [0.25, 0.3) is 0 Å². The lowest BCUT2D eigenvalue weighted by atomic mass is 9.80. The van der Waals surface area contributed by atoms with E-state index in [1.165, 1.54) is 0 Å². The van der Waals surface area contributed by atoms with Crippen LogP contribution in [0.4, 0.5) is 0 Å². The van der Waals surface area contributed by atoms with Crippen molar-refractivity contribution in [3.63, 3.8) is 0 Å². The van der Waals surface area contributed by atoms with Gasteiger partial charge in [0.1, 0.15) is 12.2 Å². The maximum atomic E-state index is 12.9. The molecule has 8 nitrogen and oxygen atoms in total. The topological polar surface area (TPSA) is 104 Å². The molecular formula is C22H42Cl2N5O3P. The van der Waals surface area contributed by atoms with Crippen molar-refractivity contribution in [1.29, 1.82) is 0 Å². The lowest BCUT2D eigenvalue weighted by Crippen LogP contribution is -2.72. The van der Waals surface area contributed by atoms with Gasteiger partial charge < -0.3 is 14.6 Å². The van der Waals surface area contributed by atoms with E-state index in [9.17, 15) is 9.36 Å². The Morgan fingerprint density at radius 1 is 1.12 bits per heavy atom. The maximum Gasteiger partial charge on any atom is 0.235 e. The third-order valence-corrected chi connectivity index (χ3v) is 10.4. The van der Waals surface area contributed by atoms with Crippen LogP contribution in [0, 0.1) is 5.92 Å². The summed E-state index contributed by atoms with van der Waals surface area (Å²) in [5.41, 5.74) is 0.196. The normalized spacial score (nSPS) is 40.4. The molecule has 11 heteroatoms. The summed E-state index contributed by atoms with van der Waals surface area (Å²) in [5.74, 6) is 0.129. The van der Waals surface area contributed by atoms with Gasteiger partial charge in [-0.3, -0.25) is 26.1 Å². The number of amides is 1. The number of rotatable bonds is 8. The van der Waals surface area contributed by atoms with Gasteiger partial charge in [0.2, 0.25) is 5.91 Å². The number of hydrogen-bond acceptors (Lipinski definition) is 7. The van der Waals surface area contributed by atoms with Gasteiger partial charge in [0, 0.05) is 37.4 Å². The van der Waals surface area contributed by atoms with Gasteiger partial charge in [-0.05, 0) is 44.9 Å². The van der Waals surface area contributed by atoms with Crippen LogP contribution in [-0.2, 0) is 14.1 Å². The molecule has 9 atom stereocenters. The zero-order chi connectivity index (χ0) is 24.2. The molecule has 5 N–H and O–H groups in total. The van der Waals surface area contributed by atoms with Gasteiger partial charge >= 0.3 is 0 Å². The minimum atomic E-state index is -2.19. The second-order valence-corrected chi connectivity index (χ2v) is 14.7. The molecule has 3 fully saturated rings. The average Bonchev–Trinajstić information content (AvgIpc) is 2.77. The zero-order valence-electron chi connectivity index (χ0n) is 20.3. The van der Waals surface area contributed by atoms with E-state index in [0.717, 1.165) is 38.5 Å². The molecule has 1 aliphatic heterocycles. The molecule has 0 aromatic carbocycles. The van der Waals surface area contributed by atoms with E-state index in [1.807, 2.05) is 13.3 Å². The van der Waals surface area contributed by atoms with Crippen molar-refractivity contribution in [2.24, 2.45) is 5.92 Å². The summed E-state index contributed by atoms with van der Waals surface area (Å²) in [4.78, 5) is 11.9. The summed E-state index contributed by atoms with van der Waals surface area (Å²) in [7, 11) is -0.456. The van der Waals surface area contributed by atoms with Crippen LogP contribution < -0.4 is 26.6 Å². The number of carbonyl (C=O) groups is 1. The minimum Gasteiger partial charge on any atom is -0.380 e. The smallest absolute Gasteiger partial charge is 0.235 e. The van der Waals surface area contributed by atoms with Crippen LogP contribution in [0.3, 0.4) is 0 Å². The molecule has 1 heterocycles. The maximum absolute atomic E-state index is 12.9. The van der Waals surface area contributed by atoms with Crippen molar-refractivity contribution in [3.05, 3.63) is 0 Å². The van der Waals surface area contributed by atoms with E-state index in [2.05, 4.69) is 33.5 Å². The van der Waals surface area contributed by atoms with E-state index < -0.39 is 7.14 Å². The van der Waals surface area contributed by atoms with Crippen molar-refractivity contribution in [3.8, 4) is 0 Å². The Bertz CT molecular complexity index is 699. The first-order chi connectivity index (χ1) is 15.6. The molecule has 2 aliphatic carbocycles. The van der Waals surface area contributed by atoms with E-state index in [0.29, 0.717) is 12.5 Å². The lowest BCUT2D eigenvalue weighted by molar-refractivity contribution is -0.120. The number of halogens is 2. The first-order valence-corrected chi connectivity index (χ1v) is 15.8. The number of alkyl halides is 2. The van der Waals surface area contributed by atoms with Gasteiger partial charge in [-0.25, -0.2) is 0 Å². The summed E-state index contributed by atoms with van der Waals surface area (Å²) >= 11 is 12.4. The van der Waals surface area contributed by atoms with Crippen LogP contribution in [0.2, 0.25) is 0 Å². The fourth-order valence-corrected chi connectivity index (χ4v) is 7.90. The molecule has 3 aliphatic rings. The number of hydrogen-bond donors (Lipinski definition) is 5. The highest BCUT2D eigenvalue weighted by Crippen LogP contribution is 2.49. The SMILES string of the molecule is COC1CC(C)C(NC(=O)CCl)CC1NC1NCC(Cl)C(NC2CCCCC2P(C)(C)=O)N1. The summed E-state index contributed by atoms with van der Waals surface area (Å²) in [6.07, 6.45) is 5.71. The van der Waals surface area contributed by atoms with E-state index in [-0.39, 0.29) is 59.5 Å². The average molecular weight is 526 g/mol. The second-order valence-electron chi connectivity index (χ2n) is 10.4. The highest BCUT2D eigenvalue weighted by Gasteiger charge is 2.40. The van der Waals surface area contributed by atoms with Crippen molar-refractivity contribution in [2.45, 2.75) is 93.2 Å². The summed E-state index contributed by atoms with van der Waals surface area (Å²) in [6, 6.07) is 0.303. The molecule has 0 aromatic heterocycles. The van der Waals surface area contributed by atoms with Crippen molar-refractivity contribution in [2.75, 3.05) is 32.9 Å². The summed E-state index contributed by atoms with van der Waals surface area (Å²) < 4.78 is 18.7. The van der Waals surface area contributed by atoms with Crippen LogP contribution in [-0.4, -0.2) is 86.5 Å². The molecule has 1 amide bonds. The van der Waals surface area contributed by atoms with Gasteiger partial charge in [-0.1, -0.05) is 19.8 Å². The van der Waals surface area contributed by atoms with Crippen LogP contribution >= 0.6 is 30.3 Å². The predicted molar refractivity (Wildman–Crippen MR) is 136 cm³/mol. The largest absolute Gasteiger partial charge is 0.380 e. The standard InChI is InChI=1S/C22H42Cl2N5O3P/c1-13-9-18(32-2)17(10-16(13)26-20(30)11-23)28-22-25-12-14(24)21(29-22)27-15-7-5-6-8-19(15)33(3,4)31/h13-19,21-22,25,27-29H,5-12H2,1-4H3,(H,26,30). The van der Waals surface area contributed by atoms with Crippen molar-refractivity contribution >= 4 is 36.3 Å². The molecule has 0 aromatic rings. The predicted octanol–water partition coefficient (Wildman–Crippen LogP) is 2.05. The van der Waals surface area contributed by atoms with Crippen LogP contribution in [0.1, 0.15) is 45.4 Å². The summed E-state index contributed by atoms with van der Waals surface area (Å²) in [6.45, 7) is 6.59. The molecule has 0 spiro atoms. The van der Waals surface area contributed by atoms with Gasteiger partial charge in [0.05, 0.1) is 24.8 Å². The van der Waals surface area contributed by atoms with E-state index in [1.54, 1.807) is 7.11 Å². The molecule has 1 saturated heterocycles. The van der Waals surface area contributed by atoms with Gasteiger partial charge in [0.15, 0.2) is 0 Å². The third kappa shape index (κ3) is 7.53. The van der Waals surface area contributed by atoms with Crippen molar-refractivity contribution < 1.29 is 14.1 Å². The van der Waals surface area contributed by atoms with Gasteiger partial charge in [-0.15, -0.1) is 23.2 Å². The molecule has 9 unspecified atom stereocenters. The number of nitrogens with one attached hydrogen (secondary N) is 5. The highest BCUT2D eigenvalue weighted by atomic mass is 35.5. The quantitative estimate of drug-likeness (QED) is 0.244. The molecule has 2 saturated carbocycles. The first kappa shape index (κ1) is 27.7. The Morgan fingerprint density at radius 2 is 1.85 bits per heavy atom. The Balaban J connectivity index is 1.62. The van der Waals surface area contributed by atoms with Crippen LogP contribution in [0.5, 0.6) is 0 Å². The Morgan fingerprint density at radius 3 is 2.52 bits per heavy atom. The molecule has 3 rings (SSSR count). The Hall–Kier alpha value is 0.0800. The molecule has 192 valence electrons. The van der Waals surface area contributed by atoms with Crippen LogP contribution in [0.25, 0.3) is 0 Å². The van der Waals surface area contributed by atoms with E-state index >= 15 is 0 Å². The van der Waals surface area contributed by atoms with E-state index in [4.69, 9.17) is 27.9 Å². The molecular weight excluding hydrogens is 484 g/mol. The van der Waals surface area contributed by atoms with Crippen molar-refractivity contribution in [1.82, 2.24) is 26.6 Å². The lowest BCUT2D eigenvalue weighted by Gasteiger charge is -2.45. The molecule has 0 radical (unpaired) electrons. The third-order valence-electron chi connectivity index (χ3n) is 7.55. The fraction of sp³-hybridized carbons (Fsp3) is 0.955. The minimum absolute atomic E-state index is 0.0319. The zero-order valence-corrected chi connectivity index (χ0v) is 22.7. The highest BCUT2D eigenvalue weighted by molar-refractivity contribution is 7.63. The Labute approximate surface area is 208 Å². The van der Waals surface area contributed by atoms with Crippen LogP contribution in [0.15, 0.2) is 0 Å². The fourth-order valence-electron chi connectivity index (χ4n) is 5.68. The second kappa shape index (κ2) is 12.4. The molecule has 0 bridgehead atoms. The molecule has 33 heavy (non-hydrogen) atoms.